The SMILES string of the molecule is COc1ccc(C(c2nnnn2C2CCCCC2)N2CCN(c3ccc([N+](=O)[O-])cc3)CC2)cc1. The van der Waals surface area contributed by atoms with Crippen molar-refractivity contribution in [2.24, 2.45) is 0 Å². The van der Waals surface area contributed by atoms with Crippen LogP contribution in [-0.4, -0.2) is 63.3 Å². The molecule has 1 aliphatic carbocycles. The number of anilines is 1. The van der Waals surface area contributed by atoms with Crippen LogP contribution in [0.25, 0.3) is 0 Å². The van der Waals surface area contributed by atoms with Crippen molar-refractivity contribution in [1.29, 1.82) is 0 Å². The Bertz CT molecular complexity index is 1120. The molecule has 10 nitrogen and oxygen atoms in total. The number of rotatable bonds is 7. The Labute approximate surface area is 204 Å². The fraction of sp³-hybridized carbons (Fsp3) is 0.480. The van der Waals surface area contributed by atoms with Crippen LogP contribution in [0.2, 0.25) is 0 Å². The minimum absolute atomic E-state index is 0.0585. The van der Waals surface area contributed by atoms with Crippen LogP contribution in [0.15, 0.2) is 48.5 Å². The van der Waals surface area contributed by atoms with Gasteiger partial charge in [0, 0.05) is 44.0 Å². The third-order valence-corrected chi connectivity index (χ3v) is 7.22. The molecule has 3 aromatic rings. The Kier molecular flexibility index (Phi) is 6.89. The number of nitrogens with zero attached hydrogens (tertiary/aromatic N) is 7. The van der Waals surface area contributed by atoms with Crippen molar-refractivity contribution in [3.05, 3.63) is 70.0 Å². The zero-order valence-electron chi connectivity index (χ0n) is 20.0. The van der Waals surface area contributed by atoms with Crippen LogP contribution < -0.4 is 9.64 Å². The van der Waals surface area contributed by atoms with Crippen LogP contribution in [0, 0.1) is 10.1 Å². The van der Waals surface area contributed by atoms with Crippen LogP contribution in [0.5, 0.6) is 5.75 Å². The number of nitro benzene ring substituents is 1. The van der Waals surface area contributed by atoms with Gasteiger partial charge in [0.1, 0.15) is 5.75 Å². The minimum atomic E-state index is -0.363. The van der Waals surface area contributed by atoms with E-state index >= 15 is 0 Å². The first kappa shape index (κ1) is 23.2. The molecule has 1 aliphatic heterocycles. The third-order valence-electron chi connectivity index (χ3n) is 7.22. The summed E-state index contributed by atoms with van der Waals surface area (Å²) in [6.45, 7) is 3.28. The van der Waals surface area contributed by atoms with Crippen molar-refractivity contribution in [2.45, 2.75) is 44.2 Å². The molecule has 1 atom stereocenters. The molecule has 1 saturated heterocycles. The molecule has 5 rings (SSSR count). The van der Waals surface area contributed by atoms with Crippen LogP contribution >= 0.6 is 0 Å². The summed E-state index contributed by atoms with van der Waals surface area (Å²) in [6.07, 6.45) is 5.93. The van der Waals surface area contributed by atoms with Gasteiger partial charge in [-0.25, -0.2) is 4.68 Å². The molecule has 35 heavy (non-hydrogen) atoms. The molecule has 0 amide bonds. The lowest BCUT2D eigenvalue weighted by atomic mass is 9.95. The zero-order chi connectivity index (χ0) is 24.2. The number of tetrazole rings is 1. The van der Waals surface area contributed by atoms with E-state index in [-0.39, 0.29) is 16.7 Å². The second-order valence-corrected chi connectivity index (χ2v) is 9.25. The Hall–Kier alpha value is -3.53. The summed E-state index contributed by atoms with van der Waals surface area (Å²) < 4.78 is 7.45. The maximum atomic E-state index is 11.0. The van der Waals surface area contributed by atoms with E-state index in [1.54, 1.807) is 19.2 Å². The highest BCUT2D eigenvalue weighted by Crippen LogP contribution is 2.34. The second kappa shape index (κ2) is 10.4. The highest BCUT2D eigenvalue weighted by molar-refractivity contribution is 5.51. The molecule has 0 bridgehead atoms. The number of aromatic nitrogens is 4. The average Bonchev–Trinajstić information content (AvgIpc) is 3.40. The summed E-state index contributed by atoms with van der Waals surface area (Å²) in [4.78, 5) is 15.3. The molecule has 2 aromatic carbocycles. The van der Waals surface area contributed by atoms with Gasteiger partial charge < -0.3 is 9.64 Å². The quantitative estimate of drug-likeness (QED) is 0.372. The van der Waals surface area contributed by atoms with E-state index in [4.69, 9.17) is 4.74 Å². The van der Waals surface area contributed by atoms with E-state index in [1.807, 2.05) is 24.3 Å². The molecule has 1 unspecified atom stereocenters. The van der Waals surface area contributed by atoms with Crippen molar-refractivity contribution in [1.82, 2.24) is 25.1 Å². The Balaban J connectivity index is 1.39. The Morgan fingerprint density at radius 3 is 2.29 bits per heavy atom. The summed E-state index contributed by atoms with van der Waals surface area (Å²) >= 11 is 0. The number of ether oxygens (including phenoxy) is 1. The molecule has 2 heterocycles. The molecule has 0 N–H and O–H groups in total. The van der Waals surface area contributed by atoms with E-state index in [0.717, 1.165) is 61.8 Å². The van der Waals surface area contributed by atoms with Gasteiger partial charge in [-0.15, -0.1) is 5.10 Å². The van der Waals surface area contributed by atoms with Crippen LogP contribution in [0.4, 0.5) is 11.4 Å². The molecular formula is C25H31N7O3. The first-order valence-corrected chi connectivity index (χ1v) is 12.3. The number of nitro groups is 1. The van der Waals surface area contributed by atoms with Gasteiger partial charge in [0.05, 0.1) is 24.1 Å². The second-order valence-electron chi connectivity index (χ2n) is 9.25. The molecular weight excluding hydrogens is 446 g/mol. The predicted octanol–water partition coefficient (Wildman–Crippen LogP) is 4.01. The smallest absolute Gasteiger partial charge is 0.269 e. The summed E-state index contributed by atoms with van der Waals surface area (Å²) in [5.74, 6) is 1.72. The van der Waals surface area contributed by atoms with Gasteiger partial charge in [-0.1, -0.05) is 31.4 Å². The lowest BCUT2D eigenvalue weighted by molar-refractivity contribution is -0.384. The van der Waals surface area contributed by atoms with Gasteiger partial charge in [0.2, 0.25) is 0 Å². The normalized spacial score (nSPS) is 18.4. The molecule has 184 valence electrons. The highest BCUT2D eigenvalue weighted by Gasteiger charge is 2.33. The summed E-state index contributed by atoms with van der Waals surface area (Å²) in [5, 5.41) is 24.1. The van der Waals surface area contributed by atoms with Crippen molar-refractivity contribution in [2.75, 3.05) is 38.2 Å². The fourth-order valence-electron chi connectivity index (χ4n) is 5.30. The highest BCUT2D eigenvalue weighted by atomic mass is 16.6. The van der Waals surface area contributed by atoms with Crippen molar-refractivity contribution in [3.8, 4) is 5.75 Å². The molecule has 10 heteroatoms. The van der Waals surface area contributed by atoms with Gasteiger partial charge in [-0.05, 0) is 53.1 Å². The predicted molar refractivity (Wildman–Crippen MR) is 132 cm³/mol. The summed E-state index contributed by atoms with van der Waals surface area (Å²) in [5.41, 5.74) is 2.26. The van der Waals surface area contributed by atoms with Crippen LogP contribution in [0.3, 0.4) is 0 Å². The number of non-ortho nitro benzene ring substituents is 1. The van der Waals surface area contributed by atoms with E-state index in [2.05, 4.69) is 42.1 Å². The molecule has 1 saturated carbocycles. The molecule has 1 aromatic heterocycles. The van der Waals surface area contributed by atoms with E-state index < -0.39 is 0 Å². The summed E-state index contributed by atoms with van der Waals surface area (Å²) in [6, 6.07) is 15.3. The maximum absolute atomic E-state index is 11.0. The zero-order valence-corrected chi connectivity index (χ0v) is 20.0. The van der Waals surface area contributed by atoms with Gasteiger partial charge in [-0.3, -0.25) is 15.0 Å². The first-order valence-electron chi connectivity index (χ1n) is 12.3. The third kappa shape index (κ3) is 4.97. The van der Waals surface area contributed by atoms with E-state index in [0.29, 0.717) is 6.04 Å². The molecule has 0 radical (unpaired) electrons. The Morgan fingerprint density at radius 2 is 1.66 bits per heavy atom. The number of piperazine rings is 1. The van der Waals surface area contributed by atoms with Crippen LogP contribution in [-0.2, 0) is 0 Å². The number of hydrogen-bond donors (Lipinski definition) is 0. The maximum Gasteiger partial charge on any atom is 0.269 e. The van der Waals surface area contributed by atoms with Gasteiger partial charge in [-0.2, -0.15) is 0 Å². The van der Waals surface area contributed by atoms with Crippen molar-refractivity contribution >= 4 is 11.4 Å². The average molecular weight is 478 g/mol. The first-order chi connectivity index (χ1) is 17.1. The van der Waals surface area contributed by atoms with E-state index in [1.165, 1.54) is 19.3 Å². The molecule has 2 fully saturated rings. The van der Waals surface area contributed by atoms with Gasteiger partial charge in [0.15, 0.2) is 5.82 Å². The number of methoxy groups -OCH3 is 1. The lowest BCUT2D eigenvalue weighted by Crippen LogP contribution is -2.48. The standard InChI is InChI=1S/C25H31N7O3/c1-35-23-13-7-19(8-14-23)24(25-26-27-28-31(25)21-5-3-2-4-6-21)30-17-15-29(16-18-30)20-9-11-22(12-10-20)32(33)34/h7-14,21,24H,2-6,15-18H2,1H3. The van der Waals surface area contributed by atoms with Crippen molar-refractivity contribution in [3.63, 3.8) is 0 Å². The van der Waals surface area contributed by atoms with E-state index in [9.17, 15) is 10.1 Å². The van der Waals surface area contributed by atoms with Crippen LogP contribution in [0.1, 0.15) is 55.6 Å². The molecule has 2 aliphatic rings. The van der Waals surface area contributed by atoms with Crippen molar-refractivity contribution < 1.29 is 9.66 Å². The topological polar surface area (TPSA) is 102 Å². The summed E-state index contributed by atoms with van der Waals surface area (Å²) in [7, 11) is 1.67. The number of hydrogen-bond acceptors (Lipinski definition) is 8. The van der Waals surface area contributed by atoms with Gasteiger partial charge >= 0.3 is 0 Å². The monoisotopic (exact) mass is 477 g/mol. The van der Waals surface area contributed by atoms with Gasteiger partial charge in [0.25, 0.3) is 5.69 Å². The lowest BCUT2D eigenvalue weighted by Gasteiger charge is -2.40. The largest absolute Gasteiger partial charge is 0.497 e. The Morgan fingerprint density at radius 1 is 0.971 bits per heavy atom. The number of benzene rings is 2. The fourth-order valence-corrected chi connectivity index (χ4v) is 5.30. The minimum Gasteiger partial charge on any atom is -0.497 e. The molecule has 0 spiro atoms.